The number of carbonyl (C=O) groups excluding carboxylic acids is 1. The molecule has 1 atom stereocenters. The topological polar surface area (TPSA) is 66.8 Å². The minimum atomic E-state index is -0.800. The summed E-state index contributed by atoms with van der Waals surface area (Å²) in [5, 5.41) is 9.57. The average molecular weight is 317 g/mol. The SMILES string of the molecule is CCSCCCC1(C(=O)O)CCN(C(=O)OC(C)(C)C)C1. The van der Waals surface area contributed by atoms with Gasteiger partial charge in [0.25, 0.3) is 0 Å². The van der Waals surface area contributed by atoms with E-state index in [2.05, 4.69) is 6.92 Å². The fourth-order valence-corrected chi connectivity index (χ4v) is 3.13. The Morgan fingerprint density at radius 2 is 2.05 bits per heavy atom. The van der Waals surface area contributed by atoms with E-state index in [1.807, 2.05) is 32.5 Å². The van der Waals surface area contributed by atoms with Gasteiger partial charge < -0.3 is 14.7 Å². The fraction of sp³-hybridized carbons (Fsp3) is 0.867. The number of likely N-dealkylation sites (tertiary alicyclic amines) is 1. The molecule has 0 aromatic heterocycles. The van der Waals surface area contributed by atoms with Gasteiger partial charge in [0.2, 0.25) is 0 Å². The molecule has 1 aliphatic rings. The number of aliphatic carboxylic acids is 1. The van der Waals surface area contributed by atoms with E-state index in [-0.39, 0.29) is 6.54 Å². The molecule has 0 spiro atoms. The zero-order valence-electron chi connectivity index (χ0n) is 13.5. The van der Waals surface area contributed by atoms with Gasteiger partial charge in [0, 0.05) is 13.1 Å². The highest BCUT2D eigenvalue weighted by atomic mass is 32.2. The van der Waals surface area contributed by atoms with Crippen LogP contribution in [0.5, 0.6) is 0 Å². The van der Waals surface area contributed by atoms with Gasteiger partial charge in [-0.15, -0.1) is 0 Å². The van der Waals surface area contributed by atoms with E-state index >= 15 is 0 Å². The van der Waals surface area contributed by atoms with E-state index in [1.165, 1.54) is 4.90 Å². The molecule has 1 amide bonds. The second kappa shape index (κ2) is 7.38. The molecule has 1 heterocycles. The van der Waals surface area contributed by atoms with Crippen molar-refractivity contribution >= 4 is 23.8 Å². The second-order valence-electron chi connectivity index (χ2n) is 6.54. The maximum Gasteiger partial charge on any atom is 0.410 e. The van der Waals surface area contributed by atoms with Gasteiger partial charge in [0.1, 0.15) is 5.60 Å². The van der Waals surface area contributed by atoms with Crippen LogP contribution in [0.15, 0.2) is 0 Å². The maximum absolute atomic E-state index is 12.1. The summed E-state index contributed by atoms with van der Waals surface area (Å²) in [5.74, 6) is 1.22. The molecule has 0 saturated carbocycles. The van der Waals surface area contributed by atoms with Crippen LogP contribution in [0.4, 0.5) is 4.79 Å². The summed E-state index contributed by atoms with van der Waals surface area (Å²) < 4.78 is 5.33. The predicted octanol–water partition coefficient (Wildman–Crippen LogP) is 3.23. The minimum Gasteiger partial charge on any atom is -0.481 e. The number of amides is 1. The predicted molar refractivity (Wildman–Crippen MR) is 84.7 cm³/mol. The van der Waals surface area contributed by atoms with Crippen molar-refractivity contribution in [3.63, 3.8) is 0 Å². The van der Waals surface area contributed by atoms with E-state index in [0.717, 1.165) is 17.9 Å². The maximum atomic E-state index is 12.1. The molecule has 1 fully saturated rings. The quantitative estimate of drug-likeness (QED) is 0.762. The summed E-state index contributed by atoms with van der Waals surface area (Å²) in [6.45, 7) is 8.25. The Balaban J connectivity index is 2.60. The molecule has 0 bridgehead atoms. The number of nitrogens with zero attached hydrogens (tertiary/aromatic N) is 1. The molecule has 5 nitrogen and oxygen atoms in total. The van der Waals surface area contributed by atoms with Crippen molar-refractivity contribution in [1.29, 1.82) is 0 Å². The van der Waals surface area contributed by atoms with Crippen LogP contribution in [0.25, 0.3) is 0 Å². The highest BCUT2D eigenvalue weighted by molar-refractivity contribution is 7.99. The Hall–Kier alpha value is -0.910. The molecular formula is C15H27NO4S. The van der Waals surface area contributed by atoms with Gasteiger partial charge in [-0.25, -0.2) is 4.79 Å². The van der Waals surface area contributed by atoms with Crippen molar-refractivity contribution in [2.24, 2.45) is 5.41 Å². The summed E-state index contributed by atoms with van der Waals surface area (Å²) in [6.07, 6.45) is 1.59. The van der Waals surface area contributed by atoms with Gasteiger partial charge in [0.05, 0.1) is 5.41 Å². The fourth-order valence-electron chi connectivity index (χ4n) is 2.50. The number of carbonyl (C=O) groups is 2. The number of hydrogen-bond donors (Lipinski definition) is 1. The van der Waals surface area contributed by atoms with Crippen molar-refractivity contribution < 1.29 is 19.4 Å². The van der Waals surface area contributed by atoms with Crippen molar-refractivity contribution in [3.8, 4) is 0 Å². The Morgan fingerprint density at radius 1 is 1.38 bits per heavy atom. The van der Waals surface area contributed by atoms with Crippen LogP contribution in [0.3, 0.4) is 0 Å². The largest absolute Gasteiger partial charge is 0.481 e. The monoisotopic (exact) mass is 317 g/mol. The van der Waals surface area contributed by atoms with Crippen molar-refractivity contribution in [3.05, 3.63) is 0 Å². The number of rotatable bonds is 6. The summed E-state index contributed by atoms with van der Waals surface area (Å²) in [4.78, 5) is 25.2. The van der Waals surface area contributed by atoms with Gasteiger partial charge >= 0.3 is 12.1 Å². The lowest BCUT2D eigenvalue weighted by molar-refractivity contribution is -0.148. The van der Waals surface area contributed by atoms with E-state index in [1.54, 1.807) is 0 Å². The molecule has 21 heavy (non-hydrogen) atoms. The minimum absolute atomic E-state index is 0.258. The first-order valence-corrected chi connectivity index (χ1v) is 8.65. The number of carboxylic acids is 1. The van der Waals surface area contributed by atoms with Gasteiger partial charge in [-0.3, -0.25) is 4.79 Å². The standard InChI is InChI=1S/C15H27NO4S/c1-5-21-10-6-7-15(12(17)18)8-9-16(11-15)13(19)20-14(2,3)4/h5-11H2,1-4H3,(H,17,18). The van der Waals surface area contributed by atoms with E-state index < -0.39 is 23.1 Å². The third kappa shape index (κ3) is 5.41. The summed E-state index contributed by atoms with van der Waals surface area (Å²) in [5.41, 5.74) is -1.35. The Kier molecular flexibility index (Phi) is 6.38. The molecule has 6 heteroatoms. The summed E-state index contributed by atoms with van der Waals surface area (Å²) >= 11 is 1.82. The van der Waals surface area contributed by atoms with E-state index in [4.69, 9.17) is 4.74 Å². The van der Waals surface area contributed by atoms with Crippen LogP contribution < -0.4 is 0 Å². The first-order valence-electron chi connectivity index (χ1n) is 7.49. The Morgan fingerprint density at radius 3 is 2.57 bits per heavy atom. The lowest BCUT2D eigenvalue weighted by Gasteiger charge is -2.27. The molecule has 0 aliphatic carbocycles. The van der Waals surface area contributed by atoms with Gasteiger partial charge in [-0.1, -0.05) is 6.92 Å². The van der Waals surface area contributed by atoms with Gasteiger partial charge in [0.15, 0.2) is 0 Å². The third-order valence-corrected chi connectivity index (χ3v) is 4.59. The second-order valence-corrected chi connectivity index (χ2v) is 7.93. The molecule has 1 saturated heterocycles. The molecule has 0 radical (unpaired) electrons. The zero-order chi connectivity index (χ0) is 16.1. The number of ether oxygens (including phenoxy) is 1. The molecule has 0 aromatic rings. The molecule has 122 valence electrons. The highest BCUT2D eigenvalue weighted by Crippen LogP contribution is 2.36. The molecule has 1 aliphatic heterocycles. The first kappa shape index (κ1) is 18.1. The molecule has 0 aromatic carbocycles. The summed E-state index contributed by atoms with van der Waals surface area (Å²) in [6, 6.07) is 0. The van der Waals surface area contributed by atoms with Crippen LogP contribution in [0.2, 0.25) is 0 Å². The van der Waals surface area contributed by atoms with E-state index in [9.17, 15) is 14.7 Å². The smallest absolute Gasteiger partial charge is 0.410 e. The Bertz CT molecular complexity index is 380. The average Bonchev–Trinajstić information content (AvgIpc) is 2.78. The molecular weight excluding hydrogens is 290 g/mol. The Labute approximate surface area is 131 Å². The number of thioether (sulfide) groups is 1. The third-order valence-electron chi connectivity index (χ3n) is 3.61. The van der Waals surface area contributed by atoms with E-state index in [0.29, 0.717) is 19.4 Å². The molecule has 1 unspecified atom stereocenters. The lowest BCUT2D eigenvalue weighted by atomic mass is 9.83. The normalized spacial score (nSPS) is 22.4. The molecule has 1 rings (SSSR count). The van der Waals surface area contributed by atoms with Crippen LogP contribution in [0.1, 0.15) is 47.0 Å². The van der Waals surface area contributed by atoms with Crippen LogP contribution >= 0.6 is 11.8 Å². The van der Waals surface area contributed by atoms with Crippen molar-refractivity contribution in [1.82, 2.24) is 4.90 Å². The van der Waals surface area contributed by atoms with Gasteiger partial charge in [-0.05, 0) is 51.5 Å². The highest BCUT2D eigenvalue weighted by Gasteiger charge is 2.46. The van der Waals surface area contributed by atoms with Crippen molar-refractivity contribution in [2.45, 2.75) is 52.6 Å². The van der Waals surface area contributed by atoms with Crippen molar-refractivity contribution in [2.75, 3.05) is 24.6 Å². The number of hydrogen-bond acceptors (Lipinski definition) is 4. The van der Waals surface area contributed by atoms with Crippen LogP contribution in [-0.2, 0) is 9.53 Å². The summed E-state index contributed by atoms with van der Waals surface area (Å²) in [7, 11) is 0. The zero-order valence-corrected chi connectivity index (χ0v) is 14.3. The van der Waals surface area contributed by atoms with Crippen LogP contribution in [-0.4, -0.2) is 52.3 Å². The lowest BCUT2D eigenvalue weighted by Crippen LogP contribution is -2.39. The number of carboxylic acid groups (broad SMARTS) is 1. The molecule has 1 N–H and O–H groups in total. The van der Waals surface area contributed by atoms with Gasteiger partial charge in [-0.2, -0.15) is 11.8 Å². The van der Waals surface area contributed by atoms with Crippen LogP contribution in [0, 0.1) is 5.41 Å². The first-order chi connectivity index (χ1) is 9.70.